The monoisotopic (exact) mass is 288 g/mol. The van der Waals surface area contributed by atoms with Gasteiger partial charge in [-0.15, -0.1) is 13.2 Å². The van der Waals surface area contributed by atoms with Crippen LogP contribution >= 0.6 is 0 Å². The topological polar surface area (TPSA) is 46.5 Å². The third-order valence-electron chi connectivity index (χ3n) is 1.96. The van der Waals surface area contributed by atoms with Crippen LogP contribution in [0.25, 0.3) is 0 Å². The Kier molecular flexibility index (Phi) is 3.97. The Hall–Kier alpha value is -1.93. The van der Waals surface area contributed by atoms with E-state index in [0.29, 0.717) is 6.07 Å². The van der Waals surface area contributed by atoms with Crippen LogP contribution < -0.4 is 4.74 Å². The Morgan fingerprint density at radius 1 is 1.16 bits per heavy atom. The normalized spacial score (nSPS) is 12.3. The number of carbonyl (C=O) groups is 1. The fourth-order valence-electron chi connectivity index (χ4n) is 1.42. The van der Waals surface area contributed by atoms with Crippen LogP contribution in [-0.4, -0.2) is 17.4 Å². The molecule has 9 heteroatoms. The van der Waals surface area contributed by atoms with Crippen molar-refractivity contribution in [3.8, 4) is 5.75 Å². The van der Waals surface area contributed by atoms with E-state index in [9.17, 15) is 31.1 Å². The number of carboxylic acid groups (broad SMARTS) is 1. The lowest BCUT2D eigenvalue weighted by Crippen LogP contribution is -2.21. The fourth-order valence-corrected chi connectivity index (χ4v) is 1.42. The molecule has 0 radical (unpaired) electrons. The van der Waals surface area contributed by atoms with E-state index in [-0.39, 0.29) is 0 Å². The van der Waals surface area contributed by atoms with Crippen LogP contribution in [0.3, 0.4) is 0 Å². The van der Waals surface area contributed by atoms with Gasteiger partial charge in [-0.3, -0.25) is 4.79 Å². The van der Waals surface area contributed by atoms with Crippen LogP contribution in [0.5, 0.6) is 5.75 Å². The highest BCUT2D eigenvalue weighted by Gasteiger charge is 2.41. The van der Waals surface area contributed by atoms with Crippen molar-refractivity contribution in [3.63, 3.8) is 0 Å². The van der Waals surface area contributed by atoms with Crippen LogP contribution in [0.4, 0.5) is 26.3 Å². The van der Waals surface area contributed by atoms with E-state index in [0.717, 1.165) is 12.1 Å². The summed E-state index contributed by atoms with van der Waals surface area (Å²) >= 11 is 0. The minimum Gasteiger partial charge on any atom is -0.481 e. The van der Waals surface area contributed by atoms with Crippen molar-refractivity contribution in [2.24, 2.45) is 0 Å². The smallest absolute Gasteiger partial charge is 0.481 e. The Bertz CT molecular complexity index is 477. The SMILES string of the molecule is O=C(O)Cc1cccc(OC(F)(F)F)c1C(F)(F)F. The van der Waals surface area contributed by atoms with Gasteiger partial charge in [0.2, 0.25) is 0 Å². The van der Waals surface area contributed by atoms with Gasteiger partial charge >= 0.3 is 18.5 Å². The van der Waals surface area contributed by atoms with E-state index in [1.165, 1.54) is 0 Å². The zero-order valence-corrected chi connectivity index (χ0v) is 8.97. The molecule has 1 aromatic carbocycles. The third kappa shape index (κ3) is 4.34. The molecule has 0 bridgehead atoms. The largest absolute Gasteiger partial charge is 0.573 e. The summed E-state index contributed by atoms with van der Waals surface area (Å²) in [5.74, 6) is -3.08. The van der Waals surface area contributed by atoms with Crippen molar-refractivity contribution >= 4 is 5.97 Å². The summed E-state index contributed by atoms with van der Waals surface area (Å²) in [4.78, 5) is 10.4. The first-order valence-corrected chi connectivity index (χ1v) is 4.67. The number of alkyl halides is 6. The zero-order valence-electron chi connectivity index (χ0n) is 8.97. The van der Waals surface area contributed by atoms with Crippen LogP contribution in [0.1, 0.15) is 11.1 Å². The molecular weight excluding hydrogens is 282 g/mol. The summed E-state index contributed by atoms with van der Waals surface area (Å²) in [6.07, 6.45) is -11.5. The van der Waals surface area contributed by atoms with E-state index >= 15 is 0 Å². The van der Waals surface area contributed by atoms with Gasteiger partial charge in [-0.25, -0.2) is 0 Å². The van der Waals surface area contributed by atoms with Gasteiger partial charge in [0.15, 0.2) is 0 Å². The van der Waals surface area contributed by atoms with Crippen molar-refractivity contribution in [2.75, 3.05) is 0 Å². The maximum atomic E-state index is 12.7. The van der Waals surface area contributed by atoms with Crippen molar-refractivity contribution in [3.05, 3.63) is 29.3 Å². The van der Waals surface area contributed by atoms with E-state index in [1.54, 1.807) is 0 Å². The minimum absolute atomic E-state index is 0.474. The van der Waals surface area contributed by atoms with Gasteiger partial charge in [0, 0.05) is 0 Å². The second kappa shape index (κ2) is 4.98. The van der Waals surface area contributed by atoms with Crippen LogP contribution in [0.2, 0.25) is 0 Å². The average molecular weight is 288 g/mol. The highest BCUT2D eigenvalue weighted by Crippen LogP contribution is 2.40. The molecule has 1 rings (SSSR count). The molecule has 0 aliphatic carbocycles. The Morgan fingerprint density at radius 2 is 1.74 bits per heavy atom. The van der Waals surface area contributed by atoms with Crippen molar-refractivity contribution < 1.29 is 41.0 Å². The maximum Gasteiger partial charge on any atom is 0.573 e. The summed E-state index contributed by atoms with van der Waals surface area (Å²) in [6, 6.07) is 2.11. The molecule has 3 nitrogen and oxygen atoms in total. The highest BCUT2D eigenvalue weighted by atomic mass is 19.4. The van der Waals surface area contributed by atoms with Gasteiger partial charge in [-0.1, -0.05) is 12.1 Å². The molecule has 0 saturated heterocycles. The molecule has 0 spiro atoms. The molecule has 0 amide bonds. The first-order valence-electron chi connectivity index (χ1n) is 4.67. The number of ether oxygens (including phenoxy) is 1. The molecule has 0 fully saturated rings. The summed E-state index contributed by atoms with van der Waals surface area (Å²) in [5, 5.41) is 8.45. The van der Waals surface area contributed by atoms with E-state index in [4.69, 9.17) is 5.11 Å². The molecule has 0 atom stereocenters. The van der Waals surface area contributed by atoms with E-state index in [2.05, 4.69) is 4.74 Å². The van der Waals surface area contributed by atoms with Gasteiger partial charge in [0.05, 0.1) is 6.42 Å². The average Bonchev–Trinajstić information content (AvgIpc) is 2.11. The van der Waals surface area contributed by atoms with Crippen molar-refractivity contribution in [1.29, 1.82) is 0 Å². The lowest BCUT2D eigenvalue weighted by Gasteiger charge is -2.17. The number of benzene rings is 1. The summed E-state index contributed by atoms with van der Waals surface area (Å²) < 4.78 is 77.3. The molecule has 0 saturated carbocycles. The lowest BCUT2D eigenvalue weighted by molar-refractivity contribution is -0.276. The quantitative estimate of drug-likeness (QED) is 0.869. The molecule has 0 aliphatic rings. The maximum absolute atomic E-state index is 12.7. The first kappa shape index (κ1) is 15.1. The number of hydrogen-bond acceptors (Lipinski definition) is 2. The van der Waals surface area contributed by atoms with Crippen molar-refractivity contribution in [2.45, 2.75) is 19.0 Å². The highest BCUT2D eigenvalue weighted by molar-refractivity contribution is 5.71. The number of halogens is 6. The van der Waals surface area contributed by atoms with E-state index < -0.39 is 41.8 Å². The summed E-state index contributed by atoms with van der Waals surface area (Å²) in [5.41, 5.74) is -2.54. The molecule has 0 unspecified atom stereocenters. The first-order chi connectivity index (χ1) is 8.50. The second-order valence-electron chi connectivity index (χ2n) is 3.41. The molecule has 19 heavy (non-hydrogen) atoms. The molecule has 0 heterocycles. The van der Waals surface area contributed by atoms with Gasteiger partial charge < -0.3 is 9.84 Å². The third-order valence-corrected chi connectivity index (χ3v) is 1.96. The van der Waals surface area contributed by atoms with Crippen LogP contribution in [0, 0.1) is 0 Å². The standard InChI is InChI=1S/C10H6F6O3/c11-9(12,13)8-5(4-7(17)18)2-1-3-6(8)19-10(14,15)16/h1-3H,4H2,(H,17,18). The molecule has 106 valence electrons. The molecule has 0 aromatic heterocycles. The number of rotatable bonds is 3. The molecule has 0 aliphatic heterocycles. The Balaban J connectivity index is 3.35. The lowest BCUT2D eigenvalue weighted by atomic mass is 10.0. The van der Waals surface area contributed by atoms with Crippen molar-refractivity contribution in [1.82, 2.24) is 0 Å². The van der Waals surface area contributed by atoms with E-state index in [1.807, 2.05) is 0 Å². The number of hydrogen-bond donors (Lipinski definition) is 1. The van der Waals surface area contributed by atoms with Gasteiger partial charge in [0.1, 0.15) is 11.3 Å². The Labute approximate surface area is 102 Å². The van der Waals surface area contributed by atoms with Gasteiger partial charge in [0.25, 0.3) is 0 Å². The molecule has 1 N–H and O–H groups in total. The number of carboxylic acids is 1. The predicted molar refractivity (Wildman–Crippen MR) is 49.5 cm³/mol. The van der Waals surface area contributed by atoms with Gasteiger partial charge in [-0.2, -0.15) is 13.2 Å². The second-order valence-corrected chi connectivity index (χ2v) is 3.41. The predicted octanol–water partition coefficient (Wildman–Crippen LogP) is 3.23. The minimum atomic E-state index is -5.30. The molecular formula is C10H6F6O3. The fraction of sp³-hybridized carbons (Fsp3) is 0.300. The molecule has 1 aromatic rings. The Morgan fingerprint density at radius 3 is 2.16 bits per heavy atom. The number of aliphatic carboxylic acids is 1. The zero-order chi connectivity index (χ0) is 14.8. The summed E-state index contributed by atoms with van der Waals surface area (Å²) in [6.45, 7) is 0. The van der Waals surface area contributed by atoms with Crippen LogP contribution in [-0.2, 0) is 17.4 Å². The van der Waals surface area contributed by atoms with Gasteiger partial charge in [-0.05, 0) is 11.6 Å². The van der Waals surface area contributed by atoms with Crippen LogP contribution in [0.15, 0.2) is 18.2 Å². The summed E-state index contributed by atoms with van der Waals surface area (Å²) in [7, 11) is 0.